The van der Waals surface area contributed by atoms with Crippen LogP contribution in [0.2, 0.25) is 0 Å². The number of anilines is 2. The molecule has 0 saturated carbocycles. The van der Waals surface area contributed by atoms with Gasteiger partial charge in [0.15, 0.2) is 0 Å². The van der Waals surface area contributed by atoms with Gasteiger partial charge in [-0.3, -0.25) is 4.79 Å². The van der Waals surface area contributed by atoms with E-state index in [2.05, 4.69) is 5.32 Å². The lowest BCUT2D eigenvalue weighted by atomic mass is 10.2. The molecule has 0 aliphatic rings. The van der Waals surface area contributed by atoms with Crippen LogP contribution in [0.1, 0.15) is 6.92 Å². The van der Waals surface area contributed by atoms with Crippen molar-refractivity contribution in [3.05, 3.63) is 18.2 Å². The number of hydrogen-bond donors (Lipinski definition) is 2. The molecule has 0 bridgehead atoms. The smallest absolute Gasteiger partial charge is 0.241 e. The van der Waals surface area contributed by atoms with Gasteiger partial charge in [-0.05, 0) is 19.1 Å². The molecule has 0 unspecified atom stereocenters. The Hall–Kier alpha value is -1.91. The highest BCUT2D eigenvalue weighted by molar-refractivity contribution is 5.82. The highest BCUT2D eigenvalue weighted by Crippen LogP contribution is 2.23. The van der Waals surface area contributed by atoms with Crippen LogP contribution in [0.3, 0.4) is 0 Å². The maximum absolute atomic E-state index is 11.6. The van der Waals surface area contributed by atoms with E-state index in [0.717, 1.165) is 5.69 Å². The number of carbonyl (C=O) groups excluding carboxylic acids is 1. The molecule has 94 valence electrons. The number of nitrogens with zero attached hydrogens (tertiary/aromatic N) is 1. The van der Waals surface area contributed by atoms with Crippen molar-refractivity contribution in [2.24, 2.45) is 0 Å². The second kappa shape index (κ2) is 5.98. The average molecular weight is 237 g/mol. The van der Waals surface area contributed by atoms with E-state index in [4.69, 9.17) is 10.5 Å². The van der Waals surface area contributed by atoms with Crippen LogP contribution in [0.25, 0.3) is 0 Å². The first-order chi connectivity index (χ1) is 8.08. The third-order valence-electron chi connectivity index (χ3n) is 2.59. The van der Waals surface area contributed by atoms with E-state index < -0.39 is 0 Å². The van der Waals surface area contributed by atoms with E-state index in [1.807, 2.05) is 6.92 Å². The number of nitrogens with one attached hydrogen (secondary N) is 1. The Morgan fingerprint density at radius 1 is 1.53 bits per heavy atom. The summed E-state index contributed by atoms with van der Waals surface area (Å²) in [6, 6.07) is 5.32. The van der Waals surface area contributed by atoms with Gasteiger partial charge in [-0.15, -0.1) is 0 Å². The minimum Gasteiger partial charge on any atom is -0.497 e. The van der Waals surface area contributed by atoms with E-state index in [9.17, 15) is 4.79 Å². The second-order valence-electron chi connectivity index (χ2n) is 3.71. The van der Waals surface area contributed by atoms with Gasteiger partial charge >= 0.3 is 0 Å². The molecule has 0 heterocycles. The fourth-order valence-corrected chi connectivity index (χ4v) is 1.31. The van der Waals surface area contributed by atoms with Crippen LogP contribution in [-0.4, -0.2) is 38.1 Å². The van der Waals surface area contributed by atoms with Gasteiger partial charge < -0.3 is 20.7 Å². The molecule has 0 atom stereocenters. The van der Waals surface area contributed by atoms with Gasteiger partial charge in [0.1, 0.15) is 5.75 Å². The summed E-state index contributed by atoms with van der Waals surface area (Å²) in [4.78, 5) is 13.2. The molecule has 0 aromatic heterocycles. The number of nitrogen functional groups attached to an aromatic ring is 1. The number of rotatable bonds is 5. The van der Waals surface area contributed by atoms with Crippen molar-refractivity contribution in [1.29, 1.82) is 0 Å². The van der Waals surface area contributed by atoms with Gasteiger partial charge in [0.05, 0.1) is 25.0 Å². The normalized spacial score (nSPS) is 9.82. The van der Waals surface area contributed by atoms with Crippen molar-refractivity contribution in [1.82, 2.24) is 4.90 Å². The lowest BCUT2D eigenvalue weighted by Crippen LogP contribution is -2.32. The van der Waals surface area contributed by atoms with Gasteiger partial charge in [0.2, 0.25) is 5.91 Å². The van der Waals surface area contributed by atoms with E-state index in [-0.39, 0.29) is 12.5 Å². The Bertz CT molecular complexity index is 393. The molecule has 3 N–H and O–H groups in total. The fraction of sp³-hybridized carbons (Fsp3) is 0.417. The summed E-state index contributed by atoms with van der Waals surface area (Å²) >= 11 is 0. The SMILES string of the molecule is CCN(C)C(=O)CNc1ccc(OC)cc1N. The number of nitrogens with two attached hydrogens (primary N) is 1. The molecule has 1 aromatic rings. The van der Waals surface area contributed by atoms with Gasteiger partial charge in [-0.1, -0.05) is 0 Å². The molecule has 1 aromatic carbocycles. The van der Waals surface area contributed by atoms with Crippen molar-refractivity contribution in [3.8, 4) is 5.75 Å². The van der Waals surface area contributed by atoms with Crippen molar-refractivity contribution < 1.29 is 9.53 Å². The Kier molecular flexibility index (Phi) is 4.63. The third-order valence-corrected chi connectivity index (χ3v) is 2.59. The predicted octanol–water partition coefficient (Wildman–Crippen LogP) is 1.17. The zero-order valence-electron chi connectivity index (χ0n) is 10.5. The van der Waals surface area contributed by atoms with E-state index in [1.54, 1.807) is 37.3 Å². The minimum absolute atomic E-state index is 0.0303. The van der Waals surface area contributed by atoms with Crippen LogP contribution in [0.15, 0.2) is 18.2 Å². The number of benzene rings is 1. The number of carbonyl (C=O) groups is 1. The molecule has 0 saturated heterocycles. The summed E-state index contributed by atoms with van der Waals surface area (Å²) in [6.45, 7) is 2.86. The van der Waals surface area contributed by atoms with E-state index in [0.29, 0.717) is 18.0 Å². The Morgan fingerprint density at radius 3 is 2.76 bits per heavy atom. The van der Waals surface area contributed by atoms with Gasteiger partial charge in [0, 0.05) is 19.7 Å². The summed E-state index contributed by atoms with van der Waals surface area (Å²) in [5.74, 6) is 0.729. The number of hydrogen-bond acceptors (Lipinski definition) is 4. The second-order valence-corrected chi connectivity index (χ2v) is 3.71. The molecule has 5 heteroatoms. The lowest BCUT2D eigenvalue weighted by molar-refractivity contribution is -0.127. The Morgan fingerprint density at radius 2 is 2.24 bits per heavy atom. The van der Waals surface area contributed by atoms with Crippen LogP contribution >= 0.6 is 0 Å². The minimum atomic E-state index is 0.0303. The molecule has 0 spiro atoms. The maximum atomic E-state index is 11.6. The average Bonchev–Trinajstić information content (AvgIpc) is 2.35. The molecular weight excluding hydrogens is 218 g/mol. The van der Waals surface area contributed by atoms with E-state index in [1.165, 1.54) is 0 Å². The molecule has 5 nitrogen and oxygen atoms in total. The standard InChI is InChI=1S/C12H19N3O2/c1-4-15(2)12(16)8-14-11-6-5-9(17-3)7-10(11)13/h5-7,14H,4,8,13H2,1-3H3. The summed E-state index contributed by atoms with van der Waals surface area (Å²) in [7, 11) is 3.35. The van der Waals surface area contributed by atoms with Crippen LogP contribution in [-0.2, 0) is 4.79 Å². The third kappa shape index (κ3) is 3.55. The topological polar surface area (TPSA) is 67.6 Å². The molecule has 1 rings (SSSR count). The van der Waals surface area contributed by atoms with Gasteiger partial charge in [-0.2, -0.15) is 0 Å². The van der Waals surface area contributed by atoms with Crippen molar-refractivity contribution in [2.45, 2.75) is 6.92 Å². The largest absolute Gasteiger partial charge is 0.497 e. The summed E-state index contributed by atoms with van der Waals surface area (Å²) in [6.07, 6.45) is 0. The van der Waals surface area contributed by atoms with Crippen LogP contribution in [0.4, 0.5) is 11.4 Å². The monoisotopic (exact) mass is 237 g/mol. The molecule has 0 fully saturated rings. The van der Waals surface area contributed by atoms with E-state index >= 15 is 0 Å². The Balaban J connectivity index is 2.61. The number of amides is 1. The highest BCUT2D eigenvalue weighted by Gasteiger charge is 2.07. The zero-order chi connectivity index (χ0) is 12.8. The lowest BCUT2D eigenvalue weighted by Gasteiger charge is -2.16. The summed E-state index contributed by atoms with van der Waals surface area (Å²) in [5.41, 5.74) is 7.13. The number of ether oxygens (including phenoxy) is 1. The molecule has 0 aliphatic heterocycles. The first-order valence-corrected chi connectivity index (χ1v) is 5.49. The molecule has 1 amide bonds. The maximum Gasteiger partial charge on any atom is 0.241 e. The molecule has 0 radical (unpaired) electrons. The highest BCUT2D eigenvalue weighted by atomic mass is 16.5. The van der Waals surface area contributed by atoms with Crippen LogP contribution in [0.5, 0.6) is 5.75 Å². The zero-order valence-corrected chi connectivity index (χ0v) is 10.5. The molecule has 0 aliphatic carbocycles. The Labute approximate surface area is 102 Å². The summed E-state index contributed by atoms with van der Waals surface area (Å²) in [5, 5.41) is 3.01. The van der Waals surface area contributed by atoms with Crippen molar-refractivity contribution >= 4 is 17.3 Å². The first-order valence-electron chi connectivity index (χ1n) is 5.49. The fourth-order valence-electron chi connectivity index (χ4n) is 1.31. The quantitative estimate of drug-likeness (QED) is 0.754. The summed E-state index contributed by atoms with van der Waals surface area (Å²) < 4.78 is 5.05. The molecule has 17 heavy (non-hydrogen) atoms. The van der Waals surface area contributed by atoms with Gasteiger partial charge in [-0.25, -0.2) is 0 Å². The van der Waals surface area contributed by atoms with Crippen LogP contribution in [0, 0.1) is 0 Å². The van der Waals surface area contributed by atoms with Crippen molar-refractivity contribution in [2.75, 3.05) is 38.3 Å². The first kappa shape index (κ1) is 13.2. The van der Waals surface area contributed by atoms with Crippen molar-refractivity contribution in [3.63, 3.8) is 0 Å². The predicted molar refractivity (Wildman–Crippen MR) is 69.2 cm³/mol. The molecular formula is C12H19N3O2. The van der Waals surface area contributed by atoms with Gasteiger partial charge in [0.25, 0.3) is 0 Å². The number of methoxy groups -OCH3 is 1. The number of likely N-dealkylation sites (N-methyl/N-ethyl adjacent to an activating group) is 1. The van der Waals surface area contributed by atoms with Crippen LogP contribution < -0.4 is 15.8 Å².